The Balaban J connectivity index is 2.18. The summed E-state index contributed by atoms with van der Waals surface area (Å²) in [5.74, 6) is -1.13. The summed E-state index contributed by atoms with van der Waals surface area (Å²) in [5, 5.41) is 17.5. The molecule has 1 aromatic carbocycles. The molecule has 0 aliphatic rings. The molecular weight excluding hydrogens is 323 g/mol. The second-order valence-corrected chi connectivity index (χ2v) is 6.63. The van der Waals surface area contributed by atoms with E-state index in [0.29, 0.717) is 17.2 Å². The number of hydrogen-bond acceptors (Lipinski definition) is 4. The van der Waals surface area contributed by atoms with Crippen LogP contribution in [0.15, 0.2) is 52.8 Å². The first-order chi connectivity index (χ1) is 11.8. The molecule has 1 N–H and O–H groups in total. The van der Waals surface area contributed by atoms with E-state index in [0.717, 1.165) is 0 Å². The van der Waals surface area contributed by atoms with E-state index in [1.54, 1.807) is 24.3 Å². The fourth-order valence-corrected chi connectivity index (χ4v) is 2.45. The maximum Gasteiger partial charge on any atom is 0.337 e. The highest BCUT2D eigenvalue weighted by Crippen LogP contribution is 2.33. The van der Waals surface area contributed by atoms with Gasteiger partial charge in [0.25, 0.3) is 0 Å². The summed E-state index contributed by atoms with van der Waals surface area (Å²) in [6.45, 7) is 5.90. The Bertz CT molecular complexity index is 986. The normalized spacial score (nSPS) is 12.2. The molecule has 25 heavy (non-hydrogen) atoms. The highest BCUT2D eigenvalue weighted by Gasteiger charge is 2.24. The standard InChI is InChI=1S/C18H17FN4O2/c1-18(2,3)15-16(23-10-11(19)8-9-14(23)20-15)22-21-13-7-5-4-6-12(13)17(24)25/h4-10H,1-3H3,(H,24,25). The molecule has 2 heterocycles. The molecular formula is C18H17FN4O2. The van der Waals surface area contributed by atoms with E-state index >= 15 is 0 Å². The first kappa shape index (κ1) is 16.8. The first-order valence-corrected chi connectivity index (χ1v) is 7.69. The molecule has 0 unspecified atom stereocenters. The molecule has 0 bridgehead atoms. The topological polar surface area (TPSA) is 79.3 Å². The number of aromatic carboxylic acids is 1. The van der Waals surface area contributed by atoms with Crippen molar-refractivity contribution in [2.24, 2.45) is 10.2 Å². The quantitative estimate of drug-likeness (QED) is 0.690. The molecule has 3 aromatic rings. The SMILES string of the molecule is CC(C)(C)c1nc2ccc(F)cn2c1N=Nc1ccccc1C(=O)O. The fourth-order valence-electron chi connectivity index (χ4n) is 2.45. The number of azo groups is 1. The van der Waals surface area contributed by atoms with Crippen LogP contribution < -0.4 is 0 Å². The molecule has 0 fully saturated rings. The molecule has 3 rings (SSSR count). The summed E-state index contributed by atoms with van der Waals surface area (Å²) < 4.78 is 15.2. The molecule has 6 nitrogen and oxygen atoms in total. The Kier molecular flexibility index (Phi) is 4.08. The maximum absolute atomic E-state index is 13.7. The van der Waals surface area contributed by atoms with E-state index in [9.17, 15) is 14.3 Å². The van der Waals surface area contributed by atoms with Gasteiger partial charge in [0.2, 0.25) is 0 Å². The van der Waals surface area contributed by atoms with Crippen LogP contribution in [0.1, 0.15) is 36.8 Å². The Morgan fingerprint density at radius 3 is 2.56 bits per heavy atom. The average molecular weight is 340 g/mol. The van der Waals surface area contributed by atoms with Crippen LogP contribution in [0, 0.1) is 5.82 Å². The fraction of sp³-hybridized carbons (Fsp3) is 0.222. The number of rotatable bonds is 3. The van der Waals surface area contributed by atoms with Crippen molar-refractivity contribution in [3.05, 3.63) is 59.7 Å². The summed E-state index contributed by atoms with van der Waals surface area (Å²) in [6, 6.07) is 9.21. The summed E-state index contributed by atoms with van der Waals surface area (Å²) in [4.78, 5) is 15.8. The first-order valence-electron chi connectivity index (χ1n) is 7.69. The van der Waals surface area contributed by atoms with Gasteiger partial charge < -0.3 is 5.11 Å². The monoisotopic (exact) mass is 340 g/mol. The predicted octanol–water partition coefficient (Wildman–Crippen LogP) is 4.88. The third-order valence-corrected chi connectivity index (χ3v) is 3.65. The largest absolute Gasteiger partial charge is 0.478 e. The second kappa shape index (κ2) is 6.08. The van der Waals surface area contributed by atoms with Crippen molar-refractivity contribution < 1.29 is 14.3 Å². The molecule has 0 radical (unpaired) electrons. The highest BCUT2D eigenvalue weighted by molar-refractivity contribution is 5.93. The second-order valence-electron chi connectivity index (χ2n) is 6.63. The minimum absolute atomic E-state index is 0.0450. The minimum atomic E-state index is -1.09. The summed E-state index contributed by atoms with van der Waals surface area (Å²) in [7, 11) is 0. The Hall–Kier alpha value is -3.09. The number of imidazole rings is 1. The van der Waals surface area contributed by atoms with Crippen LogP contribution >= 0.6 is 0 Å². The third-order valence-electron chi connectivity index (χ3n) is 3.65. The Morgan fingerprint density at radius 2 is 1.88 bits per heavy atom. The Labute approximate surface area is 143 Å². The van der Waals surface area contributed by atoms with Crippen molar-refractivity contribution in [3.63, 3.8) is 0 Å². The van der Waals surface area contributed by atoms with E-state index in [4.69, 9.17) is 0 Å². The van der Waals surface area contributed by atoms with Crippen molar-refractivity contribution in [1.29, 1.82) is 0 Å². The zero-order chi connectivity index (χ0) is 18.2. The molecule has 0 saturated heterocycles. The van der Waals surface area contributed by atoms with Crippen molar-refractivity contribution in [3.8, 4) is 0 Å². The minimum Gasteiger partial charge on any atom is -0.478 e. The number of aromatic nitrogens is 2. The molecule has 0 amide bonds. The number of carboxylic acids is 1. The average Bonchev–Trinajstić information content (AvgIpc) is 2.91. The number of nitrogens with zero attached hydrogens (tertiary/aromatic N) is 4. The number of halogens is 1. The van der Waals surface area contributed by atoms with Gasteiger partial charge in [-0.2, -0.15) is 0 Å². The highest BCUT2D eigenvalue weighted by atomic mass is 19.1. The van der Waals surface area contributed by atoms with Crippen molar-refractivity contribution in [2.45, 2.75) is 26.2 Å². The van der Waals surface area contributed by atoms with Crippen molar-refractivity contribution >= 4 is 23.1 Å². The van der Waals surface area contributed by atoms with Gasteiger partial charge in [-0.3, -0.25) is 4.40 Å². The van der Waals surface area contributed by atoms with Crippen molar-refractivity contribution in [1.82, 2.24) is 9.38 Å². The molecule has 2 aromatic heterocycles. The zero-order valence-corrected chi connectivity index (χ0v) is 14.1. The lowest BCUT2D eigenvalue weighted by Crippen LogP contribution is -2.11. The third kappa shape index (κ3) is 3.26. The van der Waals surface area contributed by atoms with Crippen LogP contribution in [0.2, 0.25) is 0 Å². The lowest BCUT2D eigenvalue weighted by atomic mass is 9.92. The van der Waals surface area contributed by atoms with Gasteiger partial charge in [0, 0.05) is 11.6 Å². The van der Waals surface area contributed by atoms with E-state index in [1.165, 1.54) is 22.7 Å². The molecule has 0 aliphatic heterocycles. The number of pyridine rings is 1. The summed E-state index contributed by atoms with van der Waals surface area (Å²) in [6.07, 6.45) is 1.29. The maximum atomic E-state index is 13.7. The van der Waals surface area contributed by atoms with Gasteiger partial charge in [0.15, 0.2) is 5.82 Å². The van der Waals surface area contributed by atoms with Gasteiger partial charge in [0.05, 0.1) is 11.3 Å². The van der Waals surface area contributed by atoms with Crippen LogP contribution in [-0.4, -0.2) is 20.5 Å². The Morgan fingerprint density at radius 1 is 1.16 bits per heavy atom. The van der Waals surface area contributed by atoms with Crippen LogP contribution in [0.5, 0.6) is 0 Å². The number of carbonyl (C=O) groups is 1. The number of fused-ring (bicyclic) bond motifs is 1. The van der Waals surface area contributed by atoms with Crippen LogP contribution in [0.4, 0.5) is 15.9 Å². The van der Waals surface area contributed by atoms with Crippen molar-refractivity contribution in [2.75, 3.05) is 0 Å². The van der Waals surface area contributed by atoms with Gasteiger partial charge in [-0.1, -0.05) is 32.9 Å². The van der Waals surface area contributed by atoms with E-state index in [-0.39, 0.29) is 16.7 Å². The van der Waals surface area contributed by atoms with E-state index in [2.05, 4.69) is 15.2 Å². The van der Waals surface area contributed by atoms with Crippen LogP contribution in [-0.2, 0) is 5.41 Å². The zero-order valence-electron chi connectivity index (χ0n) is 14.1. The van der Waals surface area contributed by atoms with Crippen LogP contribution in [0.3, 0.4) is 0 Å². The van der Waals surface area contributed by atoms with Gasteiger partial charge in [-0.05, 0) is 24.3 Å². The lowest BCUT2D eigenvalue weighted by Gasteiger charge is -2.15. The molecule has 0 saturated carbocycles. The van der Waals surface area contributed by atoms with Gasteiger partial charge in [-0.15, -0.1) is 10.2 Å². The molecule has 0 aliphatic carbocycles. The van der Waals surface area contributed by atoms with Gasteiger partial charge in [0.1, 0.15) is 17.2 Å². The van der Waals surface area contributed by atoms with Gasteiger partial charge in [-0.25, -0.2) is 14.2 Å². The van der Waals surface area contributed by atoms with Gasteiger partial charge >= 0.3 is 5.97 Å². The molecule has 0 atom stereocenters. The molecule has 128 valence electrons. The molecule has 0 spiro atoms. The number of hydrogen-bond donors (Lipinski definition) is 1. The number of carboxylic acid groups (broad SMARTS) is 1. The summed E-state index contributed by atoms with van der Waals surface area (Å²) >= 11 is 0. The van der Waals surface area contributed by atoms with E-state index < -0.39 is 11.8 Å². The predicted molar refractivity (Wildman–Crippen MR) is 91.4 cm³/mol. The number of benzene rings is 1. The lowest BCUT2D eigenvalue weighted by molar-refractivity contribution is 0.0697. The smallest absolute Gasteiger partial charge is 0.337 e. The summed E-state index contributed by atoms with van der Waals surface area (Å²) in [5.41, 5.74) is 1.12. The van der Waals surface area contributed by atoms with Crippen LogP contribution in [0.25, 0.3) is 5.65 Å². The molecule has 7 heteroatoms. The van der Waals surface area contributed by atoms with E-state index in [1.807, 2.05) is 20.8 Å².